The maximum absolute atomic E-state index is 13.1. The third kappa shape index (κ3) is 10.6. The van der Waals surface area contributed by atoms with Gasteiger partial charge in [0.15, 0.2) is 0 Å². The van der Waals surface area contributed by atoms with Crippen LogP contribution in [0, 0.1) is 11.8 Å². The molecule has 11 heteroatoms. The summed E-state index contributed by atoms with van der Waals surface area (Å²) in [7, 11) is 0. The van der Waals surface area contributed by atoms with Gasteiger partial charge in [-0.1, -0.05) is 26.0 Å². The average Bonchev–Trinajstić information content (AvgIpc) is 2.78. The summed E-state index contributed by atoms with van der Waals surface area (Å²) in [4.78, 5) is 49.7. The van der Waals surface area contributed by atoms with Gasteiger partial charge in [-0.3, -0.25) is 24.4 Å². The molecular formula is C23H37N5O6. The van der Waals surface area contributed by atoms with Gasteiger partial charge in [0, 0.05) is 18.8 Å². The van der Waals surface area contributed by atoms with Gasteiger partial charge in [0.2, 0.25) is 23.6 Å². The Morgan fingerprint density at radius 3 is 2.12 bits per heavy atom. The molecule has 0 fully saturated rings. The van der Waals surface area contributed by atoms with Crippen LogP contribution >= 0.6 is 0 Å². The monoisotopic (exact) mass is 479 g/mol. The van der Waals surface area contributed by atoms with Crippen LogP contribution in [0.4, 0.5) is 0 Å². The first-order chi connectivity index (χ1) is 16.1. The standard InChI is InChI=1S/C23H37N5O6/c1-14(2)11-16(13-20(30)28-34)22(32)27-19(12-15-6-8-17(29)9-7-15)23(33)26-18(21(25)31)5-3-4-10-24/h6-9,14,16,18-19,29,34H,3-5,10-13,24H2,1-2H3,(H2,25,31)(H,26,33)(H,27,32)(H,28,30)/t16-,18+,19+/m1/s1. The van der Waals surface area contributed by atoms with Crippen molar-refractivity contribution in [3.8, 4) is 5.75 Å². The van der Waals surface area contributed by atoms with Crippen LogP contribution in [0.3, 0.4) is 0 Å². The number of aromatic hydroxyl groups is 1. The molecule has 1 rings (SSSR count). The van der Waals surface area contributed by atoms with Crippen molar-refractivity contribution in [2.75, 3.05) is 6.54 Å². The molecule has 0 radical (unpaired) electrons. The maximum atomic E-state index is 13.1. The zero-order chi connectivity index (χ0) is 25.7. The third-order valence-corrected chi connectivity index (χ3v) is 5.30. The van der Waals surface area contributed by atoms with E-state index >= 15 is 0 Å². The molecule has 1 aromatic carbocycles. The molecule has 0 heterocycles. The molecule has 190 valence electrons. The molecule has 0 aliphatic heterocycles. The molecule has 0 saturated carbocycles. The molecule has 0 aliphatic carbocycles. The van der Waals surface area contributed by atoms with E-state index in [9.17, 15) is 24.3 Å². The lowest BCUT2D eigenvalue weighted by molar-refractivity contribution is -0.137. The summed E-state index contributed by atoms with van der Waals surface area (Å²) in [5.74, 6) is -3.20. The number of unbranched alkanes of at least 4 members (excludes halogenated alkanes) is 1. The van der Waals surface area contributed by atoms with Crippen LogP contribution in [-0.2, 0) is 25.6 Å². The fourth-order valence-corrected chi connectivity index (χ4v) is 3.54. The average molecular weight is 480 g/mol. The molecule has 0 aliphatic rings. The highest BCUT2D eigenvalue weighted by Crippen LogP contribution is 2.17. The summed E-state index contributed by atoms with van der Waals surface area (Å²) in [6, 6.07) is 4.14. The number of carbonyl (C=O) groups excluding carboxylic acids is 4. The Hall–Kier alpha value is -3.18. The minimum Gasteiger partial charge on any atom is -0.508 e. The molecule has 0 spiro atoms. The van der Waals surface area contributed by atoms with Crippen molar-refractivity contribution in [1.82, 2.24) is 16.1 Å². The molecular weight excluding hydrogens is 442 g/mol. The molecule has 11 nitrogen and oxygen atoms in total. The number of phenols is 1. The van der Waals surface area contributed by atoms with E-state index in [0.717, 1.165) is 0 Å². The number of hydroxylamine groups is 1. The summed E-state index contributed by atoms with van der Waals surface area (Å²) in [5.41, 5.74) is 13.1. The lowest BCUT2D eigenvalue weighted by Crippen LogP contribution is -2.54. The van der Waals surface area contributed by atoms with Crippen LogP contribution in [0.2, 0.25) is 0 Å². The van der Waals surface area contributed by atoms with Gasteiger partial charge in [0.1, 0.15) is 17.8 Å². The Labute approximate surface area is 199 Å². The van der Waals surface area contributed by atoms with Gasteiger partial charge in [-0.2, -0.15) is 0 Å². The fourth-order valence-electron chi connectivity index (χ4n) is 3.54. The van der Waals surface area contributed by atoms with Gasteiger partial charge in [-0.05, 0) is 55.8 Å². The smallest absolute Gasteiger partial charge is 0.244 e. The van der Waals surface area contributed by atoms with Crippen molar-refractivity contribution in [2.45, 2.75) is 64.5 Å². The minimum atomic E-state index is -1.07. The summed E-state index contributed by atoms with van der Waals surface area (Å²) in [6.45, 7) is 4.21. The molecule has 0 saturated heterocycles. The maximum Gasteiger partial charge on any atom is 0.244 e. The van der Waals surface area contributed by atoms with Gasteiger partial charge in [0.25, 0.3) is 0 Å². The first-order valence-corrected chi connectivity index (χ1v) is 11.4. The molecule has 34 heavy (non-hydrogen) atoms. The predicted molar refractivity (Wildman–Crippen MR) is 125 cm³/mol. The molecule has 1 aromatic rings. The van der Waals surface area contributed by atoms with E-state index < -0.39 is 41.6 Å². The number of carbonyl (C=O) groups is 4. The van der Waals surface area contributed by atoms with Gasteiger partial charge < -0.3 is 27.2 Å². The van der Waals surface area contributed by atoms with Crippen molar-refractivity contribution >= 4 is 23.6 Å². The Bertz CT molecular complexity index is 815. The molecule has 3 atom stereocenters. The second-order valence-electron chi connectivity index (χ2n) is 8.75. The van der Waals surface area contributed by atoms with E-state index in [4.69, 9.17) is 16.7 Å². The third-order valence-electron chi connectivity index (χ3n) is 5.30. The lowest BCUT2D eigenvalue weighted by Gasteiger charge is -2.25. The summed E-state index contributed by atoms with van der Waals surface area (Å²) < 4.78 is 0. The van der Waals surface area contributed by atoms with Crippen LogP contribution in [0.15, 0.2) is 24.3 Å². The van der Waals surface area contributed by atoms with Crippen LogP contribution in [0.1, 0.15) is 51.5 Å². The Balaban J connectivity index is 3.08. The second-order valence-corrected chi connectivity index (χ2v) is 8.75. The van der Waals surface area contributed by atoms with Crippen molar-refractivity contribution in [2.24, 2.45) is 23.3 Å². The SMILES string of the molecule is CC(C)C[C@H](CC(=O)NO)C(=O)N[C@@H](Cc1ccc(O)cc1)C(=O)N[C@@H](CCCCN)C(N)=O. The molecule has 0 aromatic heterocycles. The number of rotatable bonds is 15. The highest BCUT2D eigenvalue weighted by atomic mass is 16.5. The Kier molecular flexibility index (Phi) is 12.6. The summed E-state index contributed by atoms with van der Waals surface area (Å²) in [5, 5.41) is 23.7. The highest BCUT2D eigenvalue weighted by molar-refractivity contribution is 5.93. The summed E-state index contributed by atoms with van der Waals surface area (Å²) in [6.07, 6.45) is 1.74. The van der Waals surface area contributed by atoms with Crippen molar-refractivity contribution in [3.05, 3.63) is 29.8 Å². The first kappa shape index (κ1) is 28.9. The van der Waals surface area contributed by atoms with E-state index in [1.54, 1.807) is 12.1 Å². The van der Waals surface area contributed by atoms with Crippen molar-refractivity contribution in [1.29, 1.82) is 0 Å². The number of nitrogens with one attached hydrogen (secondary N) is 3. The van der Waals surface area contributed by atoms with E-state index in [0.29, 0.717) is 37.8 Å². The predicted octanol–water partition coefficient (Wildman–Crippen LogP) is 0.0764. The number of phenolic OH excluding ortho intramolecular Hbond substituents is 1. The van der Waals surface area contributed by atoms with Gasteiger partial charge in [-0.15, -0.1) is 0 Å². The normalized spacial score (nSPS) is 13.6. The molecule has 9 N–H and O–H groups in total. The van der Waals surface area contributed by atoms with Crippen molar-refractivity contribution in [3.63, 3.8) is 0 Å². The van der Waals surface area contributed by atoms with Crippen molar-refractivity contribution < 1.29 is 29.5 Å². The summed E-state index contributed by atoms with van der Waals surface area (Å²) >= 11 is 0. The minimum absolute atomic E-state index is 0.0505. The molecule has 4 amide bonds. The van der Waals surface area contributed by atoms with Gasteiger partial charge in [-0.25, -0.2) is 5.48 Å². The zero-order valence-corrected chi connectivity index (χ0v) is 19.8. The zero-order valence-electron chi connectivity index (χ0n) is 19.8. The van der Waals surface area contributed by atoms with Crippen LogP contribution in [-0.4, -0.2) is 52.6 Å². The lowest BCUT2D eigenvalue weighted by atomic mass is 9.92. The Morgan fingerprint density at radius 2 is 1.59 bits per heavy atom. The van der Waals surface area contributed by atoms with E-state index in [1.807, 2.05) is 13.8 Å². The van der Waals surface area contributed by atoms with E-state index in [2.05, 4.69) is 10.6 Å². The number of amides is 4. The van der Waals surface area contributed by atoms with Gasteiger partial charge >= 0.3 is 0 Å². The second kappa shape index (κ2) is 14.9. The molecule has 0 unspecified atom stereocenters. The Morgan fingerprint density at radius 1 is 0.971 bits per heavy atom. The van der Waals surface area contributed by atoms with Gasteiger partial charge in [0.05, 0.1) is 0 Å². The molecule has 0 bridgehead atoms. The first-order valence-electron chi connectivity index (χ1n) is 11.4. The fraction of sp³-hybridized carbons (Fsp3) is 0.565. The van der Waals surface area contributed by atoms with Crippen LogP contribution in [0.5, 0.6) is 5.75 Å². The number of benzene rings is 1. The largest absolute Gasteiger partial charge is 0.508 e. The quantitative estimate of drug-likeness (QED) is 0.105. The number of nitrogens with two attached hydrogens (primary N) is 2. The van der Waals surface area contributed by atoms with E-state index in [1.165, 1.54) is 17.6 Å². The topological polar surface area (TPSA) is 197 Å². The number of hydrogen-bond donors (Lipinski definition) is 7. The number of hydrogen-bond acceptors (Lipinski definition) is 7. The van der Waals surface area contributed by atoms with E-state index in [-0.39, 0.29) is 24.5 Å². The van der Waals surface area contributed by atoms with Crippen LogP contribution < -0.4 is 27.6 Å². The number of primary amides is 1. The highest BCUT2D eigenvalue weighted by Gasteiger charge is 2.30. The van der Waals surface area contributed by atoms with Crippen LogP contribution in [0.25, 0.3) is 0 Å².